The van der Waals surface area contributed by atoms with E-state index < -0.39 is 0 Å². The monoisotopic (exact) mass is 444 g/mol. The number of para-hydroxylation sites is 1. The van der Waals surface area contributed by atoms with Gasteiger partial charge in [-0.1, -0.05) is 24.3 Å². The van der Waals surface area contributed by atoms with E-state index in [4.69, 9.17) is 4.74 Å². The van der Waals surface area contributed by atoms with Gasteiger partial charge in [-0.15, -0.1) is 0 Å². The number of halogens is 1. The van der Waals surface area contributed by atoms with E-state index in [2.05, 4.69) is 26.9 Å². The maximum Gasteiger partial charge on any atom is 0.278 e. The molecule has 0 aliphatic carbocycles. The number of piperazine rings is 1. The topological polar surface area (TPSA) is 48.4 Å². The minimum Gasteiger partial charge on any atom is -0.497 e. The van der Waals surface area contributed by atoms with Crippen molar-refractivity contribution < 1.29 is 13.9 Å². The summed E-state index contributed by atoms with van der Waals surface area (Å²) in [6.45, 7) is 3.93. The Morgan fingerprint density at radius 2 is 1.70 bits per heavy atom. The number of ether oxygens (including phenoxy) is 1. The summed E-state index contributed by atoms with van der Waals surface area (Å²) in [6, 6.07) is 21.7. The van der Waals surface area contributed by atoms with Crippen molar-refractivity contribution in [1.82, 2.24) is 4.90 Å². The van der Waals surface area contributed by atoms with Crippen LogP contribution in [0.5, 0.6) is 5.75 Å². The zero-order chi connectivity index (χ0) is 22.8. The number of carbonyl (C=O) groups is 1. The lowest BCUT2D eigenvalue weighted by Crippen LogP contribution is -2.51. The fraction of sp³-hybridized carbons (Fsp3) is 0.231. The molecule has 0 radical (unpaired) electrons. The van der Waals surface area contributed by atoms with E-state index in [0.29, 0.717) is 18.1 Å². The van der Waals surface area contributed by atoms with Crippen LogP contribution in [0.3, 0.4) is 0 Å². The standard InChI is InChI=1S/C26H25FN4O2/c1-33-22-11-9-21(10-12-22)30-15-13-29(14-16-30)18-31-24-8-3-2-7-23(24)25(26(31)32)28-20-6-4-5-19(27)17-20/h2-12,17H,13-16,18H2,1H3. The van der Waals surface area contributed by atoms with Gasteiger partial charge in [-0.05, 0) is 48.5 Å². The molecule has 1 amide bonds. The summed E-state index contributed by atoms with van der Waals surface area (Å²) in [5, 5.41) is 0. The van der Waals surface area contributed by atoms with Crippen LogP contribution in [0.25, 0.3) is 0 Å². The first kappa shape index (κ1) is 21.2. The molecule has 0 spiro atoms. The number of carbonyl (C=O) groups excluding carboxylic acids is 1. The summed E-state index contributed by atoms with van der Waals surface area (Å²) in [5.41, 5.74) is 3.58. The molecular weight excluding hydrogens is 419 g/mol. The SMILES string of the molecule is COc1ccc(N2CCN(CN3C(=O)C(=Nc4cccc(F)c4)c4ccccc43)CC2)cc1. The van der Waals surface area contributed by atoms with Gasteiger partial charge in [-0.2, -0.15) is 0 Å². The van der Waals surface area contributed by atoms with Gasteiger partial charge in [0.25, 0.3) is 5.91 Å². The van der Waals surface area contributed by atoms with Gasteiger partial charge in [-0.25, -0.2) is 9.38 Å². The Kier molecular flexibility index (Phi) is 5.79. The Hall–Kier alpha value is -3.71. The Bertz CT molecular complexity index is 1190. The molecule has 0 unspecified atom stereocenters. The summed E-state index contributed by atoms with van der Waals surface area (Å²) >= 11 is 0. The summed E-state index contributed by atoms with van der Waals surface area (Å²) in [5.74, 6) is 0.319. The summed E-state index contributed by atoms with van der Waals surface area (Å²) in [6.07, 6.45) is 0. The molecule has 0 bridgehead atoms. The molecule has 3 aromatic carbocycles. The van der Waals surface area contributed by atoms with Crippen molar-refractivity contribution in [3.05, 3.63) is 84.2 Å². The molecular formula is C26H25FN4O2. The maximum absolute atomic E-state index is 13.6. The maximum atomic E-state index is 13.6. The van der Waals surface area contributed by atoms with Crippen molar-refractivity contribution in [2.75, 3.05) is 49.8 Å². The second-order valence-electron chi connectivity index (χ2n) is 8.14. The van der Waals surface area contributed by atoms with Crippen LogP contribution in [-0.4, -0.2) is 56.5 Å². The number of methoxy groups -OCH3 is 1. The van der Waals surface area contributed by atoms with Gasteiger partial charge in [0.1, 0.15) is 17.3 Å². The predicted octanol–water partition coefficient (Wildman–Crippen LogP) is 4.08. The van der Waals surface area contributed by atoms with Crippen LogP contribution < -0.4 is 14.5 Å². The summed E-state index contributed by atoms with van der Waals surface area (Å²) in [4.78, 5) is 24.2. The van der Waals surface area contributed by atoms with Crippen LogP contribution in [-0.2, 0) is 4.79 Å². The highest BCUT2D eigenvalue weighted by Gasteiger charge is 2.35. The molecule has 2 heterocycles. The Morgan fingerprint density at radius 3 is 2.42 bits per heavy atom. The van der Waals surface area contributed by atoms with E-state index in [0.717, 1.165) is 43.2 Å². The van der Waals surface area contributed by atoms with E-state index in [1.54, 1.807) is 24.1 Å². The lowest BCUT2D eigenvalue weighted by Gasteiger charge is -2.37. The van der Waals surface area contributed by atoms with Crippen molar-refractivity contribution in [3.8, 4) is 5.75 Å². The van der Waals surface area contributed by atoms with Gasteiger partial charge >= 0.3 is 0 Å². The number of aliphatic imine (C=N–C) groups is 1. The van der Waals surface area contributed by atoms with Gasteiger partial charge in [0, 0.05) is 37.4 Å². The van der Waals surface area contributed by atoms with Crippen molar-refractivity contribution >= 4 is 28.7 Å². The lowest BCUT2D eigenvalue weighted by molar-refractivity contribution is -0.112. The van der Waals surface area contributed by atoms with Crippen LogP contribution >= 0.6 is 0 Å². The van der Waals surface area contributed by atoms with E-state index in [1.807, 2.05) is 36.4 Å². The molecule has 0 saturated carbocycles. The van der Waals surface area contributed by atoms with Crippen LogP contribution in [0.4, 0.5) is 21.5 Å². The minimum absolute atomic E-state index is 0.155. The smallest absolute Gasteiger partial charge is 0.278 e. The average molecular weight is 445 g/mol. The number of benzene rings is 3. The van der Waals surface area contributed by atoms with Gasteiger partial charge < -0.3 is 9.64 Å². The Labute approximate surface area is 192 Å². The largest absolute Gasteiger partial charge is 0.497 e. The average Bonchev–Trinajstić information content (AvgIpc) is 3.11. The van der Waals surface area contributed by atoms with E-state index >= 15 is 0 Å². The van der Waals surface area contributed by atoms with Crippen LogP contribution in [0.2, 0.25) is 0 Å². The minimum atomic E-state index is -0.373. The molecule has 33 heavy (non-hydrogen) atoms. The molecule has 168 valence electrons. The fourth-order valence-corrected chi connectivity index (χ4v) is 4.33. The molecule has 1 saturated heterocycles. The van der Waals surface area contributed by atoms with Gasteiger partial charge in [0.2, 0.25) is 0 Å². The molecule has 3 aromatic rings. The van der Waals surface area contributed by atoms with Gasteiger partial charge in [0.15, 0.2) is 0 Å². The first-order valence-electron chi connectivity index (χ1n) is 11.0. The molecule has 7 heteroatoms. The summed E-state index contributed by atoms with van der Waals surface area (Å²) < 4.78 is 18.9. The van der Waals surface area contributed by atoms with E-state index in [-0.39, 0.29) is 11.7 Å². The normalized spacial score (nSPS) is 17.5. The zero-order valence-electron chi connectivity index (χ0n) is 18.4. The van der Waals surface area contributed by atoms with E-state index in [9.17, 15) is 9.18 Å². The van der Waals surface area contributed by atoms with Gasteiger partial charge in [-0.3, -0.25) is 14.6 Å². The molecule has 6 nitrogen and oxygen atoms in total. The zero-order valence-corrected chi connectivity index (χ0v) is 18.4. The number of amides is 1. The molecule has 2 aliphatic rings. The second kappa shape index (κ2) is 9.03. The highest BCUT2D eigenvalue weighted by molar-refractivity contribution is 6.54. The van der Waals surface area contributed by atoms with Crippen LogP contribution in [0, 0.1) is 5.82 Å². The third-order valence-corrected chi connectivity index (χ3v) is 6.10. The fourth-order valence-electron chi connectivity index (χ4n) is 4.33. The molecule has 1 fully saturated rings. The van der Waals surface area contributed by atoms with Crippen molar-refractivity contribution in [2.24, 2.45) is 4.99 Å². The highest BCUT2D eigenvalue weighted by Crippen LogP contribution is 2.31. The highest BCUT2D eigenvalue weighted by atomic mass is 19.1. The van der Waals surface area contributed by atoms with E-state index in [1.165, 1.54) is 17.8 Å². The Morgan fingerprint density at radius 1 is 0.939 bits per heavy atom. The van der Waals surface area contributed by atoms with Crippen molar-refractivity contribution in [3.63, 3.8) is 0 Å². The number of hydrogen-bond donors (Lipinski definition) is 0. The van der Waals surface area contributed by atoms with Crippen molar-refractivity contribution in [2.45, 2.75) is 0 Å². The lowest BCUT2D eigenvalue weighted by atomic mass is 10.1. The Balaban J connectivity index is 1.30. The van der Waals surface area contributed by atoms with Crippen LogP contribution in [0.1, 0.15) is 5.56 Å². The van der Waals surface area contributed by atoms with Crippen molar-refractivity contribution in [1.29, 1.82) is 0 Å². The van der Waals surface area contributed by atoms with Gasteiger partial charge in [0.05, 0.1) is 25.2 Å². The first-order valence-corrected chi connectivity index (χ1v) is 11.0. The number of hydrogen-bond acceptors (Lipinski definition) is 5. The molecule has 0 atom stereocenters. The third-order valence-electron chi connectivity index (χ3n) is 6.10. The number of nitrogens with zero attached hydrogens (tertiary/aromatic N) is 4. The predicted molar refractivity (Wildman–Crippen MR) is 128 cm³/mol. The number of fused-ring (bicyclic) bond motifs is 1. The number of anilines is 2. The first-order chi connectivity index (χ1) is 16.1. The second-order valence-corrected chi connectivity index (χ2v) is 8.14. The summed E-state index contributed by atoms with van der Waals surface area (Å²) in [7, 11) is 1.67. The van der Waals surface area contributed by atoms with Crippen LogP contribution in [0.15, 0.2) is 77.8 Å². The number of rotatable bonds is 5. The molecule has 5 rings (SSSR count). The quantitative estimate of drug-likeness (QED) is 0.595. The third kappa shape index (κ3) is 4.32. The molecule has 0 N–H and O–H groups in total. The molecule has 0 aromatic heterocycles. The molecule has 2 aliphatic heterocycles.